The van der Waals surface area contributed by atoms with Gasteiger partial charge in [-0.25, -0.2) is 4.79 Å². The van der Waals surface area contributed by atoms with Gasteiger partial charge < -0.3 is 15.4 Å². The lowest BCUT2D eigenvalue weighted by atomic mass is 9.99. The van der Waals surface area contributed by atoms with Gasteiger partial charge >= 0.3 is 6.03 Å². The molecule has 2 aromatic carbocycles. The van der Waals surface area contributed by atoms with Crippen LogP contribution in [-0.4, -0.2) is 28.5 Å². The lowest BCUT2D eigenvalue weighted by Crippen LogP contribution is -2.33. The largest absolute Gasteiger partial charge is 0.376 e. The zero-order valence-corrected chi connectivity index (χ0v) is 16.3. The van der Waals surface area contributed by atoms with E-state index in [1.165, 1.54) is 6.42 Å². The number of carbonyl (C=O) groups is 1. The molecule has 4 rings (SSSR count). The van der Waals surface area contributed by atoms with Crippen LogP contribution in [-0.2, 0) is 11.3 Å². The molecular formula is C23H26N4O2. The molecule has 0 saturated carbocycles. The molecule has 1 saturated heterocycles. The van der Waals surface area contributed by atoms with E-state index in [2.05, 4.69) is 15.7 Å². The SMILES string of the molecule is O=C(Nc1cnn(C[C@H]2CCCCO2)c1)NC(c1ccccc1)c1ccccc1. The first kappa shape index (κ1) is 19.2. The summed E-state index contributed by atoms with van der Waals surface area (Å²) in [6.45, 7) is 1.53. The van der Waals surface area contributed by atoms with E-state index >= 15 is 0 Å². The highest BCUT2D eigenvalue weighted by Gasteiger charge is 2.18. The molecule has 29 heavy (non-hydrogen) atoms. The number of benzene rings is 2. The zero-order chi connectivity index (χ0) is 19.9. The number of aromatic nitrogens is 2. The minimum absolute atomic E-state index is 0.200. The van der Waals surface area contributed by atoms with Crippen molar-refractivity contribution >= 4 is 11.7 Å². The Morgan fingerprint density at radius 3 is 2.38 bits per heavy atom. The fourth-order valence-electron chi connectivity index (χ4n) is 3.64. The average molecular weight is 390 g/mol. The highest BCUT2D eigenvalue weighted by Crippen LogP contribution is 2.22. The summed E-state index contributed by atoms with van der Waals surface area (Å²) >= 11 is 0. The number of ether oxygens (including phenoxy) is 1. The first-order chi connectivity index (χ1) is 14.3. The van der Waals surface area contributed by atoms with E-state index in [4.69, 9.17) is 4.74 Å². The summed E-state index contributed by atoms with van der Waals surface area (Å²) in [7, 11) is 0. The molecule has 0 radical (unpaired) electrons. The third-order valence-corrected chi connectivity index (χ3v) is 5.10. The van der Waals surface area contributed by atoms with E-state index in [0.29, 0.717) is 12.2 Å². The quantitative estimate of drug-likeness (QED) is 0.657. The number of anilines is 1. The summed E-state index contributed by atoms with van der Waals surface area (Å²) in [6, 6.07) is 19.4. The molecule has 1 aliphatic rings. The van der Waals surface area contributed by atoms with Crippen LogP contribution in [0.25, 0.3) is 0 Å². The number of nitrogens with zero attached hydrogens (tertiary/aromatic N) is 2. The topological polar surface area (TPSA) is 68.2 Å². The van der Waals surface area contributed by atoms with Crippen molar-refractivity contribution in [2.45, 2.75) is 38.0 Å². The second-order valence-corrected chi connectivity index (χ2v) is 7.29. The Morgan fingerprint density at radius 1 is 1.07 bits per heavy atom. The van der Waals surface area contributed by atoms with Gasteiger partial charge in [0.15, 0.2) is 0 Å². The van der Waals surface area contributed by atoms with Gasteiger partial charge in [-0.3, -0.25) is 4.68 Å². The van der Waals surface area contributed by atoms with Crippen LogP contribution in [0.15, 0.2) is 73.1 Å². The lowest BCUT2D eigenvalue weighted by molar-refractivity contribution is 0.00401. The molecule has 3 aromatic rings. The maximum atomic E-state index is 12.7. The van der Waals surface area contributed by atoms with Gasteiger partial charge in [0, 0.05) is 12.8 Å². The van der Waals surface area contributed by atoms with Gasteiger partial charge in [-0.15, -0.1) is 0 Å². The van der Waals surface area contributed by atoms with Crippen LogP contribution in [0.5, 0.6) is 0 Å². The molecule has 1 fully saturated rings. The second kappa shape index (κ2) is 9.39. The summed E-state index contributed by atoms with van der Waals surface area (Å²) < 4.78 is 7.59. The Balaban J connectivity index is 1.41. The number of nitrogens with one attached hydrogen (secondary N) is 2. The highest BCUT2D eigenvalue weighted by atomic mass is 16.5. The first-order valence-electron chi connectivity index (χ1n) is 10.1. The average Bonchev–Trinajstić information content (AvgIpc) is 3.20. The monoisotopic (exact) mass is 390 g/mol. The fourth-order valence-corrected chi connectivity index (χ4v) is 3.64. The molecule has 6 nitrogen and oxygen atoms in total. The summed E-state index contributed by atoms with van der Waals surface area (Å²) in [5.74, 6) is 0. The summed E-state index contributed by atoms with van der Waals surface area (Å²) in [5.41, 5.74) is 2.72. The lowest BCUT2D eigenvalue weighted by Gasteiger charge is -2.22. The third-order valence-electron chi connectivity index (χ3n) is 5.10. The van der Waals surface area contributed by atoms with Crippen LogP contribution < -0.4 is 10.6 Å². The van der Waals surface area contributed by atoms with Crippen molar-refractivity contribution in [2.75, 3.05) is 11.9 Å². The number of carbonyl (C=O) groups excluding carboxylic acids is 1. The highest BCUT2D eigenvalue weighted by molar-refractivity contribution is 5.89. The summed E-state index contributed by atoms with van der Waals surface area (Å²) in [6.07, 6.45) is 7.09. The minimum Gasteiger partial charge on any atom is -0.376 e. The van der Waals surface area contributed by atoms with E-state index < -0.39 is 0 Å². The van der Waals surface area contributed by atoms with Crippen LogP contribution in [0.2, 0.25) is 0 Å². The summed E-state index contributed by atoms with van der Waals surface area (Å²) in [4.78, 5) is 12.7. The second-order valence-electron chi connectivity index (χ2n) is 7.29. The van der Waals surface area contributed by atoms with Crippen LogP contribution >= 0.6 is 0 Å². The predicted molar refractivity (Wildman–Crippen MR) is 113 cm³/mol. The van der Waals surface area contributed by atoms with E-state index in [1.807, 2.05) is 71.5 Å². The first-order valence-corrected chi connectivity index (χ1v) is 10.1. The van der Waals surface area contributed by atoms with Gasteiger partial charge in [-0.05, 0) is 30.4 Å². The van der Waals surface area contributed by atoms with Crippen molar-refractivity contribution in [2.24, 2.45) is 0 Å². The molecule has 2 N–H and O–H groups in total. The van der Waals surface area contributed by atoms with E-state index in [1.54, 1.807) is 6.20 Å². The molecule has 2 amide bonds. The zero-order valence-electron chi connectivity index (χ0n) is 16.3. The van der Waals surface area contributed by atoms with Crippen molar-refractivity contribution in [3.63, 3.8) is 0 Å². The number of hydrogen-bond donors (Lipinski definition) is 2. The molecule has 0 unspecified atom stereocenters. The third kappa shape index (κ3) is 5.23. The van der Waals surface area contributed by atoms with Gasteiger partial charge in [0.2, 0.25) is 0 Å². The van der Waals surface area contributed by atoms with Crippen molar-refractivity contribution in [3.8, 4) is 0 Å². The molecule has 1 aliphatic heterocycles. The Kier molecular flexibility index (Phi) is 6.22. The van der Waals surface area contributed by atoms with E-state index in [0.717, 1.165) is 30.6 Å². The molecule has 1 atom stereocenters. The number of amides is 2. The Morgan fingerprint density at radius 2 is 1.76 bits per heavy atom. The van der Waals surface area contributed by atoms with Crippen LogP contribution in [0.4, 0.5) is 10.5 Å². The molecule has 0 spiro atoms. The number of urea groups is 1. The predicted octanol–water partition coefficient (Wildman–Crippen LogP) is 4.36. The van der Waals surface area contributed by atoms with Gasteiger partial charge in [0.25, 0.3) is 0 Å². The van der Waals surface area contributed by atoms with Crippen molar-refractivity contribution in [1.82, 2.24) is 15.1 Å². The van der Waals surface area contributed by atoms with Crippen molar-refractivity contribution < 1.29 is 9.53 Å². The molecule has 1 aromatic heterocycles. The fraction of sp³-hybridized carbons (Fsp3) is 0.304. The Labute approximate surface area is 170 Å². The molecule has 6 heteroatoms. The number of rotatable bonds is 6. The Bertz CT molecular complexity index is 865. The van der Waals surface area contributed by atoms with Crippen LogP contribution in [0.3, 0.4) is 0 Å². The van der Waals surface area contributed by atoms with Crippen LogP contribution in [0, 0.1) is 0 Å². The molecular weight excluding hydrogens is 364 g/mol. The van der Waals surface area contributed by atoms with E-state index in [9.17, 15) is 4.79 Å². The smallest absolute Gasteiger partial charge is 0.320 e. The van der Waals surface area contributed by atoms with Gasteiger partial charge in [0.05, 0.1) is 30.6 Å². The standard InChI is InChI=1S/C23H26N4O2/c28-23(25-20-15-24-27(16-20)17-21-13-7-8-14-29-21)26-22(18-9-3-1-4-10-18)19-11-5-2-6-12-19/h1-6,9-12,15-16,21-22H,7-8,13-14,17H2,(H2,25,26,28)/t21-/m1/s1. The van der Waals surface area contributed by atoms with Gasteiger partial charge in [0.1, 0.15) is 0 Å². The summed E-state index contributed by atoms with van der Waals surface area (Å²) in [5, 5.41) is 10.3. The Hall–Kier alpha value is -3.12. The van der Waals surface area contributed by atoms with Gasteiger partial charge in [-0.2, -0.15) is 5.10 Å². The molecule has 150 valence electrons. The van der Waals surface area contributed by atoms with Gasteiger partial charge in [-0.1, -0.05) is 60.7 Å². The van der Waals surface area contributed by atoms with Crippen molar-refractivity contribution in [3.05, 3.63) is 84.2 Å². The maximum Gasteiger partial charge on any atom is 0.320 e. The normalized spacial score (nSPS) is 16.5. The minimum atomic E-state index is -0.267. The molecule has 2 heterocycles. The number of hydrogen-bond acceptors (Lipinski definition) is 3. The maximum absolute atomic E-state index is 12.7. The van der Waals surface area contributed by atoms with Crippen LogP contribution in [0.1, 0.15) is 36.4 Å². The van der Waals surface area contributed by atoms with Crippen molar-refractivity contribution in [1.29, 1.82) is 0 Å². The van der Waals surface area contributed by atoms with E-state index in [-0.39, 0.29) is 18.2 Å². The molecule has 0 bridgehead atoms. The molecule has 0 aliphatic carbocycles.